The van der Waals surface area contributed by atoms with Gasteiger partial charge in [-0.15, -0.1) is 0 Å². The SMILES string of the molecule is C=C/C=C1\C(=C/C)C(=O)OC1(C)C. The zero-order valence-electron chi connectivity index (χ0n) is 8.26. The molecule has 2 heteroatoms. The van der Waals surface area contributed by atoms with Crippen molar-refractivity contribution < 1.29 is 9.53 Å². The second-order valence-corrected chi connectivity index (χ2v) is 3.42. The molecule has 0 radical (unpaired) electrons. The molecule has 1 aliphatic rings. The number of hydrogen-bond acceptors (Lipinski definition) is 2. The molecule has 1 fully saturated rings. The lowest BCUT2D eigenvalue weighted by Crippen LogP contribution is -2.20. The Hall–Kier alpha value is -1.31. The fraction of sp³-hybridized carbons (Fsp3) is 0.364. The first-order valence-corrected chi connectivity index (χ1v) is 4.26. The van der Waals surface area contributed by atoms with Crippen molar-refractivity contribution in [3.63, 3.8) is 0 Å². The van der Waals surface area contributed by atoms with Crippen LogP contribution < -0.4 is 0 Å². The molecule has 70 valence electrons. The van der Waals surface area contributed by atoms with E-state index in [2.05, 4.69) is 6.58 Å². The summed E-state index contributed by atoms with van der Waals surface area (Å²) in [7, 11) is 0. The molecule has 1 rings (SSSR count). The molecule has 1 heterocycles. The summed E-state index contributed by atoms with van der Waals surface area (Å²) in [5.41, 5.74) is 1.02. The molecule has 0 N–H and O–H groups in total. The van der Waals surface area contributed by atoms with Crippen LogP contribution >= 0.6 is 0 Å². The first-order chi connectivity index (χ1) is 6.03. The van der Waals surface area contributed by atoms with Gasteiger partial charge in [0, 0.05) is 5.57 Å². The zero-order chi connectivity index (χ0) is 10.1. The van der Waals surface area contributed by atoms with Crippen LogP contribution in [0.3, 0.4) is 0 Å². The van der Waals surface area contributed by atoms with Crippen molar-refractivity contribution in [1.82, 2.24) is 0 Å². The van der Waals surface area contributed by atoms with E-state index >= 15 is 0 Å². The lowest BCUT2D eigenvalue weighted by molar-refractivity contribution is -0.142. The molecule has 0 spiro atoms. The van der Waals surface area contributed by atoms with Crippen LogP contribution in [0.25, 0.3) is 0 Å². The van der Waals surface area contributed by atoms with Gasteiger partial charge in [0.1, 0.15) is 5.60 Å². The third-order valence-electron chi connectivity index (χ3n) is 2.08. The van der Waals surface area contributed by atoms with Crippen LogP contribution in [0.5, 0.6) is 0 Å². The van der Waals surface area contributed by atoms with Gasteiger partial charge < -0.3 is 4.74 Å². The van der Waals surface area contributed by atoms with E-state index in [1.54, 1.807) is 12.2 Å². The molecule has 0 aromatic heterocycles. The van der Waals surface area contributed by atoms with Crippen molar-refractivity contribution in [2.75, 3.05) is 0 Å². The van der Waals surface area contributed by atoms with Crippen molar-refractivity contribution in [2.24, 2.45) is 0 Å². The number of carbonyl (C=O) groups excluding carboxylic acids is 1. The summed E-state index contributed by atoms with van der Waals surface area (Å²) in [6.45, 7) is 9.18. The first-order valence-electron chi connectivity index (χ1n) is 4.26. The van der Waals surface area contributed by atoms with Crippen LogP contribution in [0.2, 0.25) is 0 Å². The maximum absolute atomic E-state index is 11.3. The number of ether oxygens (including phenoxy) is 1. The molecule has 0 aromatic rings. The van der Waals surface area contributed by atoms with Gasteiger partial charge in [-0.1, -0.05) is 24.8 Å². The number of carbonyl (C=O) groups is 1. The van der Waals surface area contributed by atoms with Gasteiger partial charge in [-0.2, -0.15) is 0 Å². The van der Waals surface area contributed by atoms with Crippen LogP contribution in [0.4, 0.5) is 0 Å². The molecular formula is C11H14O2. The van der Waals surface area contributed by atoms with Crippen LogP contribution in [-0.4, -0.2) is 11.6 Å². The predicted octanol–water partition coefficient (Wildman–Crippen LogP) is 2.38. The number of hydrogen-bond donors (Lipinski definition) is 0. The van der Waals surface area contributed by atoms with E-state index < -0.39 is 5.60 Å². The van der Waals surface area contributed by atoms with E-state index in [-0.39, 0.29) is 5.97 Å². The number of rotatable bonds is 1. The van der Waals surface area contributed by atoms with Crippen LogP contribution in [-0.2, 0) is 9.53 Å². The van der Waals surface area contributed by atoms with E-state index in [1.807, 2.05) is 26.8 Å². The van der Waals surface area contributed by atoms with E-state index in [4.69, 9.17) is 4.74 Å². The zero-order valence-corrected chi connectivity index (χ0v) is 8.26. The molecule has 1 aliphatic heterocycles. The maximum Gasteiger partial charge on any atom is 0.339 e. The Balaban J connectivity index is 3.21. The van der Waals surface area contributed by atoms with Gasteiger partial charge in [-0.05, 0) is 20.8 Å². The highest BCUT2D eigenvalue weighted by atomic mass is 16.6. The Morgan fingerprint density at radius 3 is 2.54 bits per heavy atom. The van der Waals surface area contributed by atoms with Gasteiger partial charge >= 0.3 is 5.97 Å². The predicted molar refractivity (Wildman–Crippen MR) is 52.2 cm³/mol. The third-order valence-corrected chi connectivity index (χ3v) is 2.08. The lowest BCUT2D eigenvalue weighted by Gasteiger charge is -2.17. The smallest absolute Gasteiger partial charge is 0.339 e. The van der Waals surface area contributed by atoms with E-state index in [0.29, 0.717) is 5.57 Å². The van der Waals surface area contributed by atoms with Crippen molar-refractivity contribution >= 4 is 5.97 Å². The fourth-order valence-corrected chi connectivity index (χ4v) is 1.46. The normalized spacial score (nSPS) is 26.5. The van der Waals surface area contributed by atoms with Gasteiger partial charge in [-0.25, -0.2) is 4.79 Å². The highest BCUT2D eigenvalue weighted by molar-refractivity contribution is 5.97. The summed E-state index contributed by atoms with van der Waals surface area (Å²) < 4.78 is 5.19. The molecule has 13 heavy (non-hydrogen) atoms. The van der Waals surface area contributed by atoms with Crippen LogP contribution in [0.1, 0.15) is 20.8 Å². The molecule has 0 atom stereocenters. The van der Waals surface area contributed by atoms with Gasteiger partial charge in [0.05, 0.1) is 5.57 Å². The van der Waals surface area contributed by atoms with Gasteiger partial charge in [0.2, 0.25) is 0 Å². The highest BCUT2D eigenvalue weighted by Crippen LogP contribution is 2.35. The van der Waals surface area contributed by atoms with Crippen molar-refractivity contribution in [1.29, 1.82) is 0 Å². The van der Waals surface area contributed by atoms with Crippen molar-refractivity contribution in [3.8, 4) is 0 Å². The number of cyclic esters (lactones) is 1. The molecule has 0 saturated carbocycles. The number of allylic oxidation sites excluding steroid dienone is 3. The minimum Gasteiger partial charge on any atom is -0.451 e. The highest BCUT2D eigenvalue weighted by Gasteiger charge is 2.39. The Labute approximate surface area is 78.6 Å². The molecule has 0 bridgehead atoms. The Kier molecular flexibility index (Phi) is 2.41. The summed E-state index contributed by atoms with van der Waals surface area (Å²) in [6.07, 6.45) is 5.26. The Morgan fingerprint density at radius 2 is 2.08 bits per heavy atom. The number of esters is 1. The summed E-state index contributed by atoms with van der Waals surface area (Å²) in [5.74, 6) is -0.249. The standard InChI is InChI=1S/C11H14O2/c1-5-7-9-8(6-2)10(12)13-11(9,3)4/h5-7H,1H2,2-4H3/b8-6+,9-7+. The molecule has 2 nitrogen and oxygen atoms in total. The average molecular weight is 178 g/mol. The van der Waals surface area contributed by atoms with Crippen LogP contribution in [0.15, 0.2) is 36.0 Å². The molecule has 0 aliphatic carbocycles. The van der Waals surface area contributed by atoms with Gasteiger partial charge in [0.15, 0.2) is 0 Å². The van der Waals surface area contributed by atoms with E-state index in [1.165, 1.54) is 0 Å². The van der Waals surface area contributed by atoms with Gasteiger partial charge in [-0.3, -0.25) is 0 Å². The van der Waals surface area contributed by atoms with Gasteiger partial charge in [0.25, 0.3) is 0 Å². The monoisotopic (exact) mass is 178 g/mol. The van der Waals surface area contributed by atoms with E-state index in [9.17, 15) is 4.79 Å². The maximum atomic E-state index is 11.3. The second-order valence-electron chi connectivity index (χ2n) is 3.42. The summed E-state index contributed by atoms with van der Waals surface area (Å²) in [6, 6.07) is 0. The van der Waals surface area contributed by atoms with Crippen molar-refractivity contribution in [2.45, 2.75) is 26.4 Å². The fourth-order valence-electron chi connectivity index (χ4n) is 1.46. The average Bonchev–Trinajstić information content (AvgIpc) is 2.23. The van der Waals surface area contributed by atoms with Crippen molar-refractivity contribution in [3.05, 3.63) is 36.0 Å². The summed E-state index contributed by atoms with van der Waals surface area (Å²) in [4.78, 5) is 11.3. The van der Waals surface area contributed by atoms with Crippen LogP contribution in [0, 0.1) is 0 Å². The second kappa shape index (κ2) is 3.21. The summed E-state index contributed by atoms with van der Waals surface area (Å²) >= 11 is 0. The molecule has 0 unspecified atom stereocenters. The van der Waals surface area contributed by atoms with E-state index in [0.717, 1.165) is 5.57 Å². The molecule has 0 amide bonds. The molecular weight excluding hydrogens is 164 g/mol. The largest absolute Gasteiger partial charge is 0.451 e. The molecule has 1 saturated heterocycles. The lowest BCUT2D eigenvalue weighted by atomic mass is 9.94. The topological polar surface area (TPSA) is 26.3 Å². The minimum atomic E-state index is -0.521. The molecule has 0 aromatic carbocycles. The Morgan fingerprint density at radius 1 is 1.46 bits per heavy atom. The first kappa shape index (κ1) is 9.78. The third kappa shape index (κ3) is 1.57. The quantitative estimate of drug-likeness (QED) is 0.455. The minimum absolute atomic E-state index is 0.249. The Bertz CT molecular complexity index is 306. The summed E-state index contributed by atoms with van der Waals surface area (Å²) in [5, 5.41) is 0.